The summed E-state index contributed by atoms with van der Waals surface area (Å²) in [4.78, 5) is 139. The molecule has 2 rings (SSSR count). The summed E-state index contributed by atoms with van der Waals surface area (Å²) in [6.45, 7) is 19.3. The Kier molecular flexibility index (Phi) is 29.0. The van der Waals surface area contributed by atoms with E-state index in [4.69, 9.17) is 15.2 Å². The molecule has 22 nitrogen and oxygen atoms in total. The average Bonchev–Trinajstić information content (AvgIpc) is 3.92. The van der Waals surface area contributed by atoms with E-state index in [9.17, 15) is 58.2 Å². The Morgan fingerprint density at radius 3 is 1.83 bits per heavy atom. The van der Waals surface area contributed by atoms with Crippen LogP contribution in [0.25, 0.3) is 0 Å². The second-order valence-corrected chi connectivity index (χ2v) is 21.6. The number of ether oxygens (including phenoxy) is 2. The lowest BCUT2D eigenvalue weighted by Crippen LogP contribution is -2.59. The molecule has 1 heterocycles. The highest BCUT2D eigenvalue weighted by molar-refractivity contribution is 5.96. The second kappa shape index (κ2) is 33.3. The number of primary amides is 1. The standard InChI is InChI=1S/C56H92N8O14/c1-14-32(7)45(50(70)58-36(11)53(73)63(12)41(29-37-22-19-18-20-23-37)54(74)64-27-21-24-40(64)55(75)77-13)61-44(67)30-42(65)39(28-31(5)6)60-49(69)38(25-26-43(57)66)59-51(71)46(33(8)15-2)62-52(72)48(35(10)17-4)78-56(76)47(68)34(9)16-3/h18-20,22-23,31-36,38-42,45-48,65,68H,14-17,21,24-30H2,1-13H3,(H2,57,66)(H,58,70)(H,59,71)(H,60,69)(H,61,67)(H,62,72)/t32-,33-,34+,35-,36-,38-,39-,40-,41+,42-,45-,46-,47-,48+/m0/s1. The number of benzene rings is 1. The van der Waals surface area contributed by atoms with E-state index in [0.29, 0.717) is 45.1 Å². The third kappa shape index (κ3) is 20.6. The van der Waals surface area contributed by atoms with Gasteiger partial charge in [-0.15, -0.1) is 0 Å². The van der Waals surface area contributed by atoms with Gasteiger partial charge in [0.05, 0.1) is 25.7 Å². The Morgan fingerprint density at radius 2 is 1.29 bits per heavy atom. The number of likely N-dealkylation sites (tertiary alicyclic amines) is 1. The number of aliphatic hydroxyl groups excluding tert-OH is 2. The molecule has 0 unspecified atom stereocenters. The average molecular weight is 1100 g/mol. The van der Waals surface area contributed by atoms with Crippen LogP contribution in [-0.4, -0.2) is 161 Å². The molecular weight excluding hydrogens is 1010 g/mol. The van der Waals surface area contributed by atoms with Gasteiger partial charge in [-0.1, -0.05) is 119 Å². The summed E-state index contributed by atoms with van der Waals surface area (Å²) in [5.41, 5.74) is 6.23. The minimum Gasteiger partial charge on any atom is -0.467 e. The van der Waals surface area contributed by atoms with Crippen molar-refractivity contribution in [3.8, 4) is 0 Å². The van der Waals surface area contributed by atoms with Crippen molar-refractivity contribution in [1.82, 2.24) is 36.4 Å². The van der Waals surface area contributed by atoms with Gasteiger partial charge in [-0.25, -0.2) is 9.59 Å². The number of carbonyl (C=O) groups is 10. The van der Waals surface area contributed by atoms with Gasteiger partial charge in [0.2, 0.25) is 41.4 Å². The van der Waals surface area contributed by atoms with Gasteiger partial charge >= 0.3 is 11.9 Å². The van der Waals surface area contributed by atoms with Crippen LogP contribution in [-0.2, 0) is 63.8 Å². The quantitative estimate of drug-likeness (QED) is 0.0468. The molecule has 9 N–H and O–H groups in total. The van der Waals surface area contributed by atoms with Crippen molar-refractivity contribution >= 4 is 59.2 Å². The number of carbonyl (C=O) groups excluding carboxylic acids is 10. The van der Waals surface area contributed by atoms with Gasteiger partial charge in [0.25, 0.3) is 5.91 Å². The highest BCUT2D eigenvalue weighted by Gasteiger charge is 2.42. The van der Waals surface area contributed by atoms with Crippen LogP contribution in [0, 0.1) is 29.6 Å². The number of hydrogen-bond acceptors (Lipinski definition) is 14. The fraction of sp³-hybridized carbons (Fsp3) is 0.714. The van der Waals surface area contributed by atoms with Gasteiger partial charge in [0, 0.05) is 32.4 Å². The lowest BCUT2D eigenvalue weighted by molar-refractivity contribution is -0.169. The number of hydrogen-bond donors (Lipinski definition) is 8. The molecular formula is C56H92N8O14. The predicted octanol–water partition coefficient (Wildman–Crippen LogP) is 2.18. The summed E-state index contributed by atoms with van der Waals surface area (Å²) in [7, 11) is 2.70. The Bertz CT molecular complexity index is 2160. The van der Waals surface area contributed by atoms with Crippen molar-refractivity contribution in [3.05, 3.63) is 35.9 Å². The number of likely N-dealkylation sites (N-methyl/N-ethyl adjacent to an activating group) is 1. The summed E-state index contributed by atoms with van der Waals surface area (Å²) in [6, 6.07) is 1.01. The monoisotopic (exact) mass is 1100 g/mol. The third-order valence-electron chi connectivity index (χ3n) is 15.0. The van der Waals surface area contributed by atoms with E-state index in [1.807, 2.05) is 32.0 Å². The molecule has 0 radical (unpaired) electrons. The zero-order valence-electron chi connectivity index (χ0n) is 48.3. The fourth-order valence-corrected chi connectivity index (χ4v) is 9.07. The van der Waals surface area contributed by atoms with Gasteiger partial charge in [-0.3, -0.25) is 38.4 Å². The smallest absolute Gasteiger partial charge is 0.336 e. The third-order valence-corrected chi connectivity index (χ3v) is 15.0. The maximum absolute atomic E-state index is 14.2. The maximum Gasteiger partial charge on any atom is 0.336 e. The normalized spacial score (nSPS) is 18.4. The Morgan fingerprint density at radius 1 is 0.731 bits per heavy atom. The van der Waals surface area contributed by atoms with Gasteiger partial charge < -0.3 is 61.8 Å². The van der Waals surface area contributed by atoms with Gasteiger partial charge in [-0.05, 0) is 68.3 Å². The first kappa shape index (κ1) is 67.9. The van der Waals surface area contributed by atoms with Crippen molar-refractivity contribution in [2.45, 2.75) is 207 Å². The molecule has 1 aliphatic rings. The Balaban J connectivity index is 2.33. The van der Waals surface area contributed by atoms with Crippen LogP contribution in [0.5, 0.6) is 0 Å². The number of methoxy groups -OCH3 is 1. The molecule has 8 amide bonds. The number of amides is 8. The van der Waals surface area contributed by atoms with E-state index in [0.717, 1.165) is 5.56 Å². The predicted molar refractivity (Wildman–Crippen MR) is 291 cm³/mol. The largest absolute Gasteiger partial charge is 0.467 e. The van der Waals surface area contributed by atoms with E-state index in [1.165, 1.54) is 30.9 Å². The number of nitrogens with two attached hydrogens (primary N) is 1. The number of nitrogens with zero attached hydrogens (tertiary/aromatic N) is 2. The summed E-state index contributed by atoms with van der Waals surface area (Å²) >= 11 is 0. The van der Waals surface area contributed by atoms with Crippen LogP contribution < -0.4 is 32.3 Å². The van der Waals surface area contributed by atoms with Crippen LogP contribution in [0.3, 0.4) is 0 Å². The molecule has 1 saturated heterocycles. The molecule has 22 heteroatoms. The molecule has 1 aromatic rings. The minimum atomic E-state index is -1.54. The zero-order chi connectivity index (χ0) is 59.1. The number of esters is 2. The van der Waals surface area contributed by atoms with Crippen LogP contribution in [0.2, 0.25) is 0 Å². The van der Waals surface area contributed by atoms with Crippen LogP contribution >= 0.6 is 0 Å². The van der Waals surface area contributed by atoms with Crippen LogP contribution in [0.1, 0.15) is 146 Å². The van der Waals surface area contributed by atoms with Crippen molar-refractivity contribution < 1.29 is 67.6 Å². The first-order chi connectivity index (χ1) is 36.7. The van der Waals surface area contributed by atoms with Gasteiger partial charge in [-0.2, -0.15) is 0 Å². The Labute approximate surface area is 461 Å². The number of nitrogens with one attached hydrogen (secondary N) is 5. The van der Waals surface area contributed by atoms with Crippen molar-refractivity contribution in [3.63, 3.8) is 0 Å². The first-order valence-corrected chi connectivity index (χ1v) is 27.7. The van der Waals surface area contributed by atoms with Crippen molar-refractivity contribution in [1.29, 1.82) is 0 Å². The number of aliphatic hydroxyl groups is 2. The molecule has 0 aromatic heterocycles. The zero-order valence-corrected chi connectivity index (χ0v) is 48.3. The summed E-state index contributed by atoms with van der Waals surface area (Å²) in [5.74, 6) is -9.38. The lowest BCUT2D eigenvalue weighted by atomic mass is 9.94. The van der Waals surface area contributed by atoms with E-state index in [-0.39, 0.29) is 31.6 Å². The van der Waals surface area contributed by atoms with E-state index in [2.05, 4.69) is 26.6 Å². The molecule has 1 aliphatic heterocycles. The summed E-state index contributed by atoms with van der Waals surface area (Å²) in [6.07, 6.45) is -2.71. The summed E-state index contributed by atoms with van der Waals surface area (Å²) in [5, 5.41) is 35.6. The van der Waals surface area contributed by atoms with Crippen molar-refractivity contribution in [2.75, 3.05) is 20.7 Å². The van der Waals surface area contributed by atoms with E-state index >= 15 is 0 Å². The molecule has 1 aromatic carbocycles. The maximum atomic E-state index is 14.2. The topological polar surface area (TPSA) is 322 Å². The van der Waals surface area contributed by atoms with Crippen molar-refractivity contribution in [2.24, 2.45) is 35.3 Å². The highest BCUT2D eigenvalue weighted by Crippen LogP contribution is 2.24. The molecule has 0 aliphatic carbocycles. The molecule has 78 heavy (non-hydrogen) atoms. The molecule has 0 bridgehead atoms. The SMILES string of the molecule is CC[C@@H](C)[C@H](O)C(=O)O[C@@H](C(=O)N[C@H](C(=O)N[C@@H](CCC(N)=O)C(=O)N[C@@H](CC(C)C)[C@@H](O)CC(=O)N[C@H](C(=O)N[C@@H](C)C(=O)N(C)[C@H](Cc1ccccc1)C(=O)N1CCC[C@H]1C(=O)OC)[C@@H](C)CC)[C@@H](C)CC)[C@@H](C)CC. The molecule has 1 fully saturated rings. The first-order valence-electron chi connectivity index (χ1n) is 27.7. The number of rotatable bonds is 33. The molecule has 0 spiro atoms. The van der Waals surface area contributed by atoms with E-state index in [1.54, 1.807) is 67.5 Å². The van der Waals surface area contributed by atoms with Gasteiger partial charge in [0.1, 0.15) is 36.3 Å². The van der Waals surface area contributed by atoms with E-state index < -0.39 is 150 Å². The lowest BCUT2D eigenvalue weighted by Gasteiger charge is -2.34. The minimum absolute atomic E-state index is 0.118. The van der Waals surface area contributed by atoms with Crippen LogP contribution in [0.4, 0.5) is 0 Å². The molecule has 14 atom stereocenters. The molecule has 440 valence electrons. The van der Waals surface area contributed by atoms with Crippen LogP contribution in [0.15, 0.2) is 30.3 Å². The molecule has 0 saturated carbocycles. The fourth-order valence-electron chi connectivity index (χ4n) is 9.07. The Hall–Kier alpha value is -6.16. The summed E-state index contributed by atoms with van der Waals surface area (Å²) < 4.78 is 10.5. The second-order valence-electron chi connectivity index (χ2n) is 21.6. The van der Waals surface area contributed by atoms with Gasteiger partial charge in [0.15, 0.2) is 12.2 Å². The highest BCUT2D eigenvalue weighted by atomic mass is 16.6.